The summed E-state index contributed by atoms with van der Waals surface area (Å²) < 4.78 is 11.3. The molecule has 0 amide bonds. The summed E-state index contributed by atoms with van der Waals surface area (Å²) in [5.74, 6) is 1.80. The molecule has 0 aliphatic heterocycles. The maximum atomic E-state index is 5.66. The second kappa shape index (κ2) is 6.60. The third-order valence-corrected chi connectivity index (χ3v) is 4.28. The average molecular weight is 324 g/mol. The summed E-state index contributed by atoms with van der Waals surface area (Å²) in [4.78, 5) is 0. The lowest BCUT2D eigenvalue weighted by Gasteiger charge is -2.18. The van der Waals surface area contributed by atoms with Gasteiger partial charge in [-0.3, -0.25) is 0 Å². The zero-order chi connectivity index (χ0) is 16.4. The quantitative estimate of drug-likeness (QED) is 0.603. The van der Waals surface area contributed by atoms with Gasteiger partial charge in [-0.2, -0.15) is 0 Å². The van der Waals surface area contributed by atoms with Crippen LogP contribution in [0.1, 0.15) is 11.1 Å². The smallest absolute Gasteiger partial charge is 0.127 e. The van der Waals surface area contributed by atoms with E-state index in [-0.39, 0.29) is 0 Å². The van der Waals surface area contributed by atoms with Gasteiger partial charge in [0, 0.05) is 5.56 Å². The molecule has 0 fully saturated rings. The Kier molecular flexibility index (Phi) is 4.54. The van der Waals surface area contributed by atoms with E-state index in [1.807, 2.05) is 6.07 Å². The Balaban J connectivity index is 2.32. The summed E-state index contributed by atoms with van der Waals surface area (Å²) in [6.07, 6.45) is 0.593. The number of benzene rings is 3. The molecular weight excluding hydrogens is 303 g/mol. The monoisotopic (exact) mass is 324 g/mol. The topological polar surface area (TPSA) is 18.5 Å². The van der Waals surface area contributed by atoms with Gasteiger partial charge in [-0.25, -0.2) is 0 Å². The molecule has 0 aliphatic carbocycles. The minimum absolute atomic E-state index is 0.593. The van der Waals surface area contributed by atoms with Crippen LogP contribution in [0.4, 0.5) is 0 Å². The molecule has 1 unspecified atom stereocenters. The Hall–Kier alpha value is -2.05. The predicted molar refractivity (Wildman–Crippen MR) is 101 cm³/mol. The van der Waals surface area contributed by atoms with Crippen molar-refractivity contribution in [3.05, 3.63) is 59.7 Å². The maximum absolute atomic E-state index is 5.66. The van der Waals surface area contributed by atoms with E-state index >= 15 is 0 Å². The molecule has 23 heavy (non-hydrogen) atoms. The highest BCUT2D eigenvalue weighted by atomic mass is 31.0. The first-order chi connectivity index (χ1) is 11.2. The predicted octanol–water partition coefficient (Wildman–Crippen LogP) is 5.34. The van der Waals surface area contributed by atoms with Gasteiger partial charge in [-0.15, -0.1) is 0 Å². The van der Waals surface area contributed by atoms with E-state index in [2.05, 4.69) is 65.6 Å². The molecule has 0 N–H and O–H groups in total. The molecule has 0 radical (unpaired) electrons. The molecule has 2 nitrogen and oxygen atoms in total. The van der Waals surface area contributed by atoms with Crippen molar-refractivity contribution in [2.24, 2.45) is 0 Å². The Bertz CT molecular complexity index is 832. The van der Waals surface area contributed by atoms with Gasteiger partial charge in [-0.05, 0) is 59.5 Å². The molecule has 0 spiro atoms. The number of rotatable bonds is 4. The van der Waals surface area contributed by atoms with Gasteiger partial charge >= 0.3 is 0 Å². The molecule has 1 atom stereocenters. The van der Waals surface area contributed by atoms with E-state index in [1.54, 1.807) is 7.11 Å². The number of hydrogen-bond acceptors (Lipinski definition) is 2. The minimum atomic E-state index is 0.593. The number of aryl methyl sites for hydroxylation is 2. The second-order valence-corrected chi connectivity index (χ2v) is 5.94. The fourth-order valence-electron chi connectivity index (χ4n) is 3.18. The van der Waals surface area contributed by atoms with Crippen LogP contribution in [0, 0.1) is 13.8 Å². The summed E-state index contributed by atoms with van der Waals surface area (Å²) in [7, 11) is 4.31. The summed E-state index contributed by atoms with van der Waals surface area (Å²) in [5, 5.41) is 2.42. The number of ether oxygens (including phenoxy) is 2. The van der Waals surface area contributed by atoms with Crippen molar-refractivity contribution >= 4 is 20.0 Å². The fourth-order valence-corrected chi connectivity index (χ4v) is 3.37. The van der Waals surface area contributed by atoms with Crippen LogP contribution in [-0.2, 0) is 0 Å². The van der Waals surface area contributed by atoms with Crippen molar-refractivity contribution in [3.63, 3.8) is 0 Å². The van der Waals surface area contributed by atoms with Gasteiger partial charge < -0.3 is 9.47 Å². The fraction of sp³-hybridized carbons (Fsp3) is 0.200. The SMILES string of the molecule is COc1ccc2ccccc2c1-c1c(C)cc(OCP)cc1C. The van der Waals surface area contributed by atoms with Crippen molar-refractivity contribution in [3.8, 4) is 22.6 Å². The lowest BCUT2D eigenvalue weighted by Crippen LogP contribution is -1.96. The molecule has 3 aromatic rings. The van der Waals surface area contributed by atoms with Gasteiger partial charge in [0.2, 0.25) is 0 Å². The normalized spacial score (nSPS) is 10.8. The maximum Gasteiger partial charge on any atom is 0.127 e. The van der Waals surface area contributed by atoms with E-state index in [0.29, 0.717) is 6.35 Å². The highest BCUT2D eigenvalue weighted by molar-refractivity contribution is 7.16. The highest BCUT2D eigenvalue weighted by Gasteiger charge is 2.16. The van der Waals surface area contributed by atoms with Crippen molar-refractivity contribution < 1.29 is 9.47 Å². The average Bonchev–Trinajstić information content (AvgIpc) is 2.54. The zero-order valence-corrected chi connectivity index (χ0v) is 14.9. The van der Waals surface area contributed by atoms with Crippen molar-refractivity contribution in [1.82, 2.24) is 0 Å². The molecule has 0 aliphatic rings. The van der Waals surface area contributed by atoms with Crippen LogP contribution in [0.15, 0.2) is 48.5 Å². The van der Waals surface area contributed by atoms with Gasteiger partial charge in [0.15, 0.2) is 0 Å². The van der Waals surface area contributed by atoms with Crippen molar-refractivity contribution in [1.29, 1.82) is 0 Å². The molecule has 118 valence electrons. The van der Waals surface area contributed by atoms with Gasteiger partial charge in [-0.1, -0.05) is 39.6 Å². The van der Waals surface area contributed by atoms with Crippen molar-refractivity contribution in [2.45, 2.75) is 13.8 Å². The summed E-state index contributed by atoms with van der Waals surface area (Å²) in [6, 6.07) is 16.8. The molecule has 0 bridgehead atoms. The van der Waals surface area contributed by atoms with Crippen molar-refractivity contribution in [2.75, 3.05) is 13.5 Å². The number of hydrogen-bond donors (Lipinski definition) is 0. The van der Waals surface area contributed by atoms with Crippen LogP contribution >= 0.6 is 9.24 Å². The van der Waals surface area contributed by atoms with E-state index < -0.39 is 0 Å². The molecule has 0 aromatic heterocycles. The third kappa shape index (κ3) is 2.92. The zero-order valence-electron chi connectivity index (χ0n) is 13.7. The summed E-state index contributed by atoms with van der Waals surface area (Å²) in [6.45, 7) is 4.25. The Morgan fingerprint density at radius 2 is 1.61 bits per heavy atom. The number of methoxy groups -OCH3 is 1. The Morgan fingerprint density at radius 1 is 0.913 bits per heavy atom. The van der Waals surface area contributed by atoms with Gasteiger partial charge in [0.1, 0.15) is 17.8 Å². The highest BCUT2D eigenvalue weighted by Crippen LogP contribution is 2.41. The van der Waals surface area contributed by atoms with Crippen LogP contribution in [0.3, 0.4) is 0 Å². The van der Waals surface area contributed by atoms with Crippen LogP contribution < -0.4 is 9.47 Å². The molecular formula is C20H21O2P. The molecule has 0 saturated heterocycles. The van der Waals surface area contributed by atoms with Crippen LogP contribution in [-0.4, -0.2) is 13.5 Å². The van der Waals surface area contributed by atoms with Gasteiger partial charge in [0.25, 0.3) is 0 Å². The Morgan fingerprint density at radius 3 is 2.26 bits per heavy atom. The number of fused-ring (bicyclic) bond motifs is 1. The molecule has 0 heterocycles. The van der Waals surface area contributed by atoms with E-state index in [9.17, 15) is 0 Å². The van der Waals surface area contributed by atoms with Gasteiger partial charge in [0.05, 0.1) is 7.11 Å². The lowest BCUT2D eigenvalue weighted by atomic mass is 9.91. The molecule has 3 heteroatoms. The van der Waals surface area contributed by atoms with Crippen LogP contribution in [0.5, 0.6) is 11.5 Å². The van der Waals surface area contributed by atoms with E-state index in [4.69, 9.17) is 9.47 Å². The van der Waals surface area contributed by atoms with Crippen LogP contribution in [0.2, 0.25) is 0 Å². The molecule has 0 saturated carbocycles. The first-order valence-corrected chi connectivity index (χ1v) is 8.47. The summed E-state index contributed by atoms with van der Waals surface area (Å²) >= 11 is 0. The molecule has 3 aromatic carbocycles. The first-order valence-electron chi connectivity index (χ1n) is 7.66. The second-order valence-electron chi connectivity index (χ2n) is 5.61. The standard InChI is InChI=1S/C20H21O2P/c1-13-10-16(22-12-23)11-14(2)19(13)20-17-7-5-4-6-15(17)8-9-18(20)21-3/h4-11H,12,23H2,1-3H3. The van der Waals surface area contributed by atoms with E-state index in [1.165, 1.54) is 27.5 Å². The lowest BCUT2D eigenvalue weighted by molar-refractivity contribution is 0.392. The third-order valence-electron chi connectivity index (χ3n) is 4.12. The first kappa shape index (κ1) is 15.8. The largest absolute Gasteiger partial charge is 0.496 e. The summed E-state index contributed by atoms with van der Waals surface area (Å²) in [5.41, 5.74) is 4.74. The van der Waals surface area contributed by atoms with E-state index in [0.717, 1.165) is 17.1 Å². The molecule has 3 rings (SSSR count). The van der Waals surface area contributed by atoms with Crippen LogP contribution in [0.25, 0.3) is 21.9 Å². The Labute approximate surface area is 139 Å². The minimum Gasteiger partial charge on any atom is -0.496 e.